The van der Waals surface area contributed by atoms with Gasteiger partial charge in [-0.05, 0) is 24.6 Å². The van der Waals surface area contributed by atoms with Gasteiger partial charge < -0.3 is 19.0 Å². The summed E-state index contributed by atoms with van der Waals surface area (Å²) in [6.07, 6.45) is -0.743. The molecule has 0 N–H and O–H groups in total. The van der Waals surface area contributed by atoms with Gasteiger partial charge in [-0.15, -0.1) is 0 Å². The smallest absolute Gasteiger partial charge is 0.293 e. The second-order valence-corrected chi connectivity index (χ2v) is 3.70. The van der Waals surface area contributed by atoms with E-state index in [0.717, 1.165) is 11.3 Å². The zero-order valence-electron chi connectivity index (χ0n) is 10.4. The van der Waals surface area contributed by atoms with Crippen molar-refractivity contribution in [2.75, 3.05) is 7.11 Å². The lowest BCUT2D eigenvalue weighted by Crippen LogP contribution is -2.30. The van der Waals surface area contributed by atoms with Crippen LogP contribution in [-0.2, 0) is 25.7 Å². The number of aldehydes is 1. The maximum Gasteiger partial charge on any atom is 0.293 e. The first kappa shape index (κ1) is 14.2. The highest BCUT2D eigenvalue weighted by Gasteiger charge is 2.18. The number of carbonyl (C=O) groups excluding carboxylic acids is 2. The predicted octanol–water partition coefficient (Wildman–Crippen LogP) is 1.34. The van der Waals surface area contributed by atoms with Gasteiger partial charge in [0.2, 0.25) is 0 Å². The lowest BCUT2D eigenvalue weighted by atomic mass is 10.2. The van der Waals surface area contributed by atoms with Crippen molar-refractivity contribution in [3.63, 3.8) is 0 Å². The summed E-state index contributed by atoms with van der Waals surface area (Å²) in [4.78, 5) is 21.0. The zero-order chi connectivity index (χ0) is 13.4. The van der Waals surface area contributed by atoms with Crippen LogP contribution in [0.1, 0.15) is 12.5 Å². The predicted molar refractivity (Wildman–Crippen MR) is 64.2 cm³/mol. The maximum atomic E-state index is 10.8. The molecule has 0 bridgehead atoms. The Kier molecular flexibility index (Phi) is 5.87. The molecule has 0 aliphatic rings. The van der Waals surface area contributed by atoms with Crippen LogP contribution in [0.3, 0.4) is 0 Å². The van der Waals surface area contributed by atoms with E-state index in [2.05, 4.69) is 4.74 Å². The summed E-state index contributed by atoms with van der Waals surface area (Å²) >= 11 is 0. The van der Waals surface area contributed by atoms with Crippen LogP contribution in [0.2, 0.25) is 0 Å². The molecule has 98 valence electrons. The summed E-state index contributed by atoms with van der Waals surface area (Å²) in [7, 11) is 1.59. The van der Waals surface area contributed by atoms with Crippen LogP contribution in [0.25, 0.3) is 0 Å². The fourth-order valence-electron chi connectivity index (χ4n) is 1.36. The Morgan fingerprint density at radius 3 is 2.39 bits per heavy atom. The molecule has 0 radical (unpaired) electrons. The third-order valence-electron chi connectivity index (χ3n) is 2.47. The van der Waals surface area contributed by atoms with Crippen LogP contribution in [0.5, 0.6) is 5.75 Å². The minimum atomic E-state index is -0.766. The second-order valence-electron chi connectivity index (χ2n) is 3.70. The molecular formula is C13H16O5. The topological polar surface area (TPSA) is 61.8 Å². The second kappa shape index (κ2) is 7.45. The van der Waals surface area contributed by atoms with E-state index >= 15 is 0 Å². The Balaban J connectivity index is 2.51. The average molecular weight is 252 g/mol. The quantitative estimate of drug-likeness (QED) is 0.653. The molecule has 0 aliphatic carbocycles. The van der Waals surface area contributed by atoms with Gasteiger partial charge in [-0.3, -0.25) is 4.79 Å². The Morgan fingerprint density at radius 2 is 1.89 bits per heavy atom. The molecule has 5 nitrogen and oxygen atoms in total. The van der Waals surface area contributed by atoms with Gasteiger partial charge in [0, 0.05) is 0 Å². The molecule has 0 aliphatic heterocycles. The molecule has 18 heavy (non-hydrogen) atoms. The van der Waals surface area contributed by atoms with E-state index < -0.39 is 12.2 Å². The van der Waals surface area contributed by atoms with Crippen molar-refractivity contribution in [3.8, 4) is 5.75 Å². The van der Waals surface area contributed by atoms with Crippen molar-refractivity contribution in [1.29, 1.82) is 0 Å². The van der Waals surface area contributed by atoms with Crippen LogP contribution in [0, 0.1) is 0 Å². The fraction of sp³-hybridized carbons (Fsp3) is 0.385. The normalized spacial score (nSPS) is 13.4. The van der Waals surface area contributed by atoms with Gasteiger partial charge in [-0.1, -0.05) is 12.1 Å². The van der Waals surface area contributed by atoms with E-state index in [9.17, 15) is 9.59 Å². The largest absolute Gasteiger partial charge is 0.497 e. The average Bonchev–Trinajstić information content (AvgIpc) is 2.40. The minimum absolute atomic E-state index is 0.264. The summed E-state index contributed by atoms with van der Waals surface area (Å²) in [5, 5.41) is 0. The van der Waals surface area contributed by atoms with E-state index in [0.29, 0.717) is 12.8 Å². The fourth-order valence-corrected chi connectivity index (χ4v) is 1.36. The summed E-state index contributed by atoms with van der Waals surface area (Å²) in [6, 6.07) is 7.29. The van der Waals surface area contributed by atoms with Crippen LogP contribution in [0.15, 0.2) is 24.3 Å². The monoisotopic (exact) mass is 252 g/mol. The number of hydrogen-bond donors (Lipinski definition) is 0. The zero-order valence-corrected chi connectivity index (χ0v) is 10.4. The molecule has 2 atom stereocenters. The van der Waals surface area contributed by atoms with E-state index in [1.54, 1.807) is 26.2 Å². The molecule has 1 aromatic carbocycles. The first-order valence-electron chi connectivity index (χ1n) is 5.50. The number of hydrogen-bond acceptors (Lipinski definition) is 5. The molecule has 0 saturated carbocycles. The minimum Gasteiger partial charge on any atom is -0.497 e. The number of carbonyl (C=O) groups is 2. The summed E-state index contributed by atoms with van der Waals surface area (Å²) in [6.45, 7) is 2.17. The van der Waals surface area contributed by atoms with E-state index in [1.807, 2.05) is 12.1 Å². The molecule has 0 unspecified atom stereocenters. The molecule has 0 aromatic heterocycles. The van der Waals surface area contributed by atoms with Gasteiger partial charge in [0.15, 0.2) is 6.29 Å². The molecule has 0 saturated heterocycles. The molecule has 0 spiro atoms. The number of benzene rings is 1. The van der Waals surface area contributed by atoms with Crippen molar-refractivity contribution in [2.24, 2.45) is 0 Å². The Morgan fingerprint density at radius 1 is 1.22 bits per heavy atom. The molecule has 1 rings (SSSR count). The Hall–Kier alpha value is -1.88. The highest BCUT2D eigenvalue weighted by atomic mass is 16.6. The summed E-state index contributed by atoms with van der Waals surface area (Å²) in [5.74, 6) is 0.753. The third kappa shape index (κ3) is 4.18. The molecule has 0 amide bonds. The van der Waals surface area contributed by atoms with E-state index in [-0.39, 0.29) is 6.61 Å². The SMILES string of the molecule is COc1ccc(CO[C@@H](C=O)[C@H](C)OC=O)cc1. The maximum absolute atomic E-state index is 10.8. The van der Waals surface area contributed by atoms with Crippen molar-refractivity contribution in [2.45, 2.75) is 25.7 Å². The van der Waals surface area contributed by atoms with Crippen molar-refractivity contribution in [3.05, 3.63) is 29.8 Å². The molecule has 1 aromatic rings. The lowest BCUT2D eigenvalue weighted by molar-refractivity contribution is -0.145. The van der Waals surface area contributed by atoms with Crippen LogP contribution in [0.4, 0.5) is 0 Å². The first-order chi connectivity index (χ1) is 8.71. The first-order valence-corrected chi connectivity index (χ1v) is 5.50. The van der Waals surface area contributed by atoms with E-state index in [1.165, 1.54) is 0 Å². The number of ether oxygens (including phenoxy) is 3. The Bertz CT molecular complexity index is 373. The van der Waals surface area contributed by atoms with Gasteiger partial charge in [-0.2, -0.15) is 0 Å². The number of methoxy groups -OCH3 is 1. The summed E-state index contributed by atoms with van der Waals surface area (Å²) < 4.78 is 15.1. The van der Waals surface area contributed by atoms with Gasteiger partial charge in [-0.25, -0.2) is 0 Å². The molecule has 0 fully saturated rings. The van der Waals surface area contributed by atoms with Crippen molar-refractivity contribution < 1.29 is 23.8 Å². The molecule has 5 heteroatoms. The highest BCUT2D eigenvalue weighted by molar-refractivity contribution is 5.57. The van der Waals surface area contributed by atoms with Crippen LogP contribution in [-0.4, -0.2) is 32.1 Å². The Labute approximate surface area is 106 Å². The van der Waals surface area contributed by atoms with Gasteiger partial charge in [0.25, 0.3) is 6.47 Å². The molecule has 0 heterocycles. The molecular weight excluding hydrogens is 236 g/mol. The van der Waals surface area contributed by atoms with Crippen molar-refractivity contribution >= 4 is 12.8 Å². The van der Waals surface area contributed by atoms with Crippen LogP contribution < -0.4 is 4.74 Å². The third-order valence-corrected chi connectivity index (χ3v) is 2.47. The lowest BCUT2D eigenvalue weighted by Gasteiger charge is -2.17. The highest BCUT2D eigenvalue weighted by Crippen LogP contribution is 2.13. The van der Waals surface area contributed by atoms with Crippen LogP contribution >= 0.6 is 0 Å². The van der Waals surface area contributed by atoms with Gasteiger partial charge in [0.1, 0.15) is 18.0 Å². The van der Waals surface area contributed by atoms with Gasteiger partial charge >= 0.3 is 0 Å². The van der Waals surface area contributed by atoms with E-state index in [4.69, 9.17) is 9.47 Å². The summed E-state index contributed by atoms with van der Waals surface area (Å²) in [5.41, 5.74) is 0.904. The van der Waals surface area contributed by atoms with Gasteiger partial charge in [0.05, 0.1) is 13.7 Å². The standard InChI is InChI=1S/C13H16O5/c1-10(18-9-15)13(7-14)17-8-11-3-5-12(16-2)6-4-11/h3-7,9-10,13H,8H2,1-2H3/t10-,13-/m0/s1. The van der Waals surface area contributed by atoms with Crippen molar-refractivity contribution in [1.82, 2.24) is 0 Å². The number of rotatable bonds is 8.